The van der Waals surface area contributed by atoms with Crippen LogP contribution in [0.15, 0.2) is 41.1 Å². The van der Waals surface area contributed by atoms with Crippen molar-refractivity contribution in [3.8, 4) is 17.0 Å². The van der Waals surface area contributed by atoms with Gasteiger partial charge in [0, 0.05) is 30.4 Å². The molecule has 0 N–H and O–H groups in total. The number of methoxy groups -OCH3 is 1. The van der Waals surface area contributed by atoms with Gasteiger partial charge in [0.15, 0.2) is 5.76 Å². The summed E-state index contributed by atoms with van der Waals surface area (Å²) in [5.41, 5.74) is 4.24. The Bertz CT molecular complexity index is 915. The normalized spacial score (nSPS) is 17.5. The number of aryl methyl sites for hydroxylation is 1. The Morgan fingerprint density at radius 2 is 2.15 bits per heavy atom. The average molecular weight is 366 g/mol. The monoisotopic (exact) mass is 366 g/mol. The smallest absolute Gasteiger partial charge is 0.151 e. The van der Waals surface area contributed by atoms with Crippen LogP contribution in [0.25, 0.3) is 11.3 Å². The third-order valence-corrected chi connectivity index (χ3v) is 5.58. The van der Waals surface area contributed by atoms with E-state index in [1.54, 1.807) is 7.11 Å². The lowest BCUT2D eigenvalue weighted by molar-refractivity contribution is 0.213. The van der Waals surface area contributed by atoms with Gasteiger partial charge in [0.1, 0.15) is 11.4 Å². The standard InChI is InChI=1S/C21H26N4O2/c1-15-19(13-22-24(15)2)20-12-18(27-23-20)14-25-10-6-8-17(25)11-16-7-4-5-9-21(16)26-3/h4-5,7,9,12-13,17H,6,8,10-11,14H2,1-3H3/t17-/m0/s1. The van der Waals surface area contributed by atoms with Crippen molar-refractivity contribution in [3.05, 3.63) is 53.5 Å². The van der Waals surface area contributed by atoms with Gasteiger partial charge in [0.2, 0.25) is 0 Å². The molecule has 0 saturated carbocycles. The minimum absolute atomic E-state index is 0.495. The van der Waals surface area contributed by atoms with Crippen molar-refractivity contribution < 1.29 is 9.26 Å². The molecular formula is C21H26N4O2. The molecule has 4 rings (SSSR count). The van der Waals surface area contributed by atoms with Gasteiger partial charge in [-0.25, -0.2) is 0 Å². The SMILES string of the molecule is COc1ccccc1C[C@@H]1CCCN1Cc1cc(-c2cnn(C)c2C)no1. The van der Waals surface area contributed by atoms with E-state index in [0.29, 0.717) is 6.04 Å². The zero-order valence-corrected chi connectivity index (χ0v) is 16.2. The molecule has 6 nitrogen and oxygen atoms in total. The van der Waals surface area contributed by atoms with Gasteiger partial charge in [-0.1, -0.05) is 23.4 Å². The Morgan fingerprint density at radius 3 is 2.93 bits per heavy atom. The molecule has 1 atom stereocenters. The molecule has 0 spiro atoms. The van der Waals surface area contributed by atoms with Gasteiger partial charge >= 0.3 is 0 Å². The van der Waals surface area contributed by atoms with E-state index in [2.05, 4.69) is 27.3 Å². The Morgan fingerprint density at radius 1 is 1.30 bits per heavy atom. The van der Waals surface area contributed by atoms with E-state index in [-0.39, 0.29) is 0 Å². The number of hydrogen-bond donors (Lipinski definition) is 0. The Kier molecular flexibility index (Phi) is 4.99. The van der Waals surface area contributed by atoms with Gasteiger partial charge < -0.3 is 9.26 Å². The van der Waals surface area contributed by atoms with Crippen LogP contribution in [-0.4, -0.2) is 39.5 Å². The number of likely N-dealkylation sites (tertiary alicyclic amines) is 1. The largest absolute Gasteiger partial charge is 0.496 e. The molecule has 3 heterocycles. The summed E-state index contributed by atoms with van der Waals surface area (Å²) >= 11 is 0. The number of hydrogen-bond acceptors (Lipinski definition) is 5. The molecule has 1 saturated heterocycles. The fourth-order valence-corrected chi connectivity index (χ4v) is 3.92. The molecule has 0 unspecified atom stereocenters. The Labute approximate surface area is 159 Å². The van der Waals surface area contributed by atoms with Crippen molar-refractivity contribution in [2.45, 2.75) is 38.8 Å². The summed E-state index contributed by atoms with van der Waals surface area (Å²) in [5, 5.41) is 8.56. The van der Waals surface area contributed by atoms with Gasteiger partial charge in [-0.05, 0) is 44.4 Å². The van der Waals surface area contributed by atoms with E-state index in [1.807, 2.05) is 43.0 Å². The third kappa shape index (κ3) is 3.62. The number of benzene rings is 1. The van der Waals surface area contributed by atoms with Crippen molar-refractivity contribution in [1.82, 2.24) is 19.8 Å². The van der Waals surface area contributed by atoms with Gasteiger partial charge in [-0.3, -0.25) is 9.58 Å². The van der Waals surface area contributed by atoms with Gasteiger partial charge in [-0.2, -0.15) is 5.10 Å². The minimum Gasteiger partial charge on any atom is -0.496 e. The number of rotatable bonds is 6. The van der Waals surface area contributed by atoms with E-state index in [4.69, 9.17) is 9.26 Å². The van der Waals surface area contributed by atoms with Crippen LogP contribution >= 0.6 is 0 Å². The number of aromatic nitrogens is 3. The molecule has 1 aliphatic rings. The van der Waals surface area contributed by atoms with Crippen LogP contribution in [0.5, 0.6) is 5.75 Å². The molecule has 0 amide bonds. The van der Waals surface area contributed by atoms with Crippen LogP contribution in [0.2, 0.25) is 0 Å². The van der Waals surface area contributed by atoms with Crippen molar-refractivity contribution in [2.75, 3.05) is 13.7 Å². The summed E-state index contributed by atoms with van der Waals surface area (Å²) in [6.45, 7) is 3.91. The number of ether oxygens (including phenoxy) is 1. The first-order valence-electron chi connectivity index (χ1n) is 9.46. The topological polar surface area (TPSA) is 56.3 Å². The second kappa shape index (κ2) is 7.56. The fourth-order valence-electron chi connectivity index (χ4n) is 3.92. The minimum atomic E-state index is 0.495. The van der Waals surface area contributed by atoms with Crippen molar-refractivity contribution in [3.63, 3.8) is 0 Å². The maximum Gasteiger partial charge on any atom is 0.151 e. The predicted molar refractivity (Wildman–Crippen MR) is 104 cm³/mol. The predicted octanol–water partition coefficient (Wildman–Crippen LogP) is 3.60. The van der Waals surface area contributed by atoms with E-state index in [0.717, 1.165) is 48.0 Å². The summed E-state index contributed by atoms with van der Waals surface area (Å²) < 4.78 is 13.0. The highest BCUT2D eigenvalue weighted by Crippen LogP contribution is 2.28. The highest BCUT2D eigenvalue weighted by atomic mass is 16.5. The summed E-state index contributed by atoms with van der Waals surface area (Å²) in [6.07, 6.45) is 5.24. The summed E-state index contributed by atoms with van der Waals surface area (Å²) in [5.74, 6) is 1.87. The molecule has 2 aromatic heterocycles. The lowest BCUT2D eigenvalue weighted by Gasteiger charge is -2.24. The maximum atomic E-state index is 5.64. The molecule has 0 bridgehead atoms. The van der Waals surface area contributed by atoms with E-state index < -0.39 is 0 Å². The van der Waals surface area contributed by atoms with Crippen LogP contribution in [0.1, 0.15) is 29.9 Å². The molecule has 27 heavy (non-hydrogen) atoms. The highest BCUT2D eigenvalue weighted by molar-refractivity contribution is 5.60. The summed E-state index contributed by atoms with van der Waals surface area (Å²) in [7, 11) is 3.67. The van der Waals surface area contributed by atoms with Crippen molar-refractivity contribution in [2.24, 2.45) is 7.05 Å². The average Bonchev–Trinajstić information content (AvgIpc) is 3.39. The van der Waals surface area contributed by atoms with Crippen LogP contribution < -0.4 is 4.74 Å². The van der Waals surface area contributed by atoms with Crippen LogP contribution in [0, 0.1) is 6.92 Å². The molecule has 1 aliphatic heterocycles. The van der Waals surface area contributed by atoms with Gasteiger partial charge in [-0.15, -0.1) is 0 Å². The van der Waals surface area contributed by atoms with E-state index in [1.165, 1.54) is 18.4 Å². The van der Waals surface area contributed by atoms with E-state index >= 15 is 0 Å². The van der Waals surface area contributed by atoms with Crippen molar-refractivity contribution in [1.29, 1.82) is 0 Å². The lowest BCUT2D eigenvalue weighted by Crippen LogP contribution is -2.30. The first-order chi connectivity index (χ1) is 13.2. The highest BCUT2D eigenvalue weighted by Gasteiger charge is 2.27. The molecule has 0 radical (unpaired) electrons. The second-order valence-corrected chi connectivity index (χ2v) is 7.23. The van der Waals surface area contributed by atoms with Crippen molar-refractivity contribution >= 4 is 0 Å². The van der Waals surface area contributed by atoms with Gasteiger partial charge in [0.25, 0.3) is 0 Å². The van der Waals surface area contributed by atoms with Crippen LogP contribution in [0.4, 0.5) is 0 Å². The quantitative estimate of drug-likeness (QED) is 0.667. The molecular weight excluding hydrogens is 340 g/mol. The molecule has 1 aromatic carbocycles. The second-order valence-electron chi connectivity index (χ2n) is 7.23. The first-order valence-corrected chi connectivity index (χ1v) is 9.46. The zero-order chi connectivity index (χ0) is 18.8. The molecule has 3 aromatic rings. The van der Waals surface area contributed by atoms with Gasteiger partial charge in [0.05, 0.1) is 19.9 Å². The third-order valence-electron chi connectivity index (χ3n) is 5.58. The summed E-state index contributed by atoms with van der Waals surface area (Å²) in [6, 6.07) is 10.8. The Balaban J connectivity index is 1.47. The molecule has 1 fully saturated rings. The van der Waals surface area contributed by atoms with Crippen LogP contribution in [-0.2, 0) is 20.0 Å². The zero-order valence-electron chi connectivity index (χ0n) is 16.2. The molecule has 6 heteroatoms. The molecule has 0 aliphatic carbocycles. The number of para-hydroxylation sites is 1. The van der Waals surface area contributed by atoms with E-state index in [9.17, 15) is 0 Å². The number of nitrogens with zero attached hydrogens (tertiary/aromatic N) is 4. The molecule has 142 valence electrons. The Hall–Kier alpha value is -2.60. The fraction of sp³-hybridized carbons (Fsp3) is 0.429. The first kappa shape index (κ1) is 17.8. The summed E-state index contributed by atoms with van der Waals surface area (Å²) in [4.78, 5) is 2.49. The lowest BCUT2D eigenvalue weighted by atomic mass is 10.0. The van der Waals surface area contributed by atoms with Crippen LogP contribution in [0.3, 0.4) is 0 Å². The maximum absolute atomic E-state index is 5.64.